The van der Waals surface area contributed by atoms with Crippen molar-refractivity contribution < 1.29 is 0 Å². The van der Waals surface area contributed by atoms with Crippen LogP contribution in [0.5, 0.6) is 0 Å². The zero-order valence-electron chi connectivity index (χ0n) is 13.1. The van der Waals surface area contributed by atoms with Crippen LogP contribution in [0, 0.1) is 0 Å². The van der Waals surface area contributed by atoms with Crippen molar-refractivity contribution in [3.8, 4) is 0 Å². The van der Waals surface area contributed by atoms with E-state index >= 15 is 0 Å². The molecule has 1 heterocycles. The summed E-state index contributed by atoms with van der Waals surface area (Å²) < 4.78 is 2.58. The Hall–Kier alpha value is -1.25. The number of hydrogen-bond donors (Lipinski definition) is 0. The van der Waals surface area contributed by atoms with Crippen LogP contribution >= 0.6 is 0 Å². The fourth-order valence-electron chi connectivity index (χ4n) is 3.55. The second-order valence-corrected chi connectivity index (χ2v) is 8.03. The summed E-state index contributed by atoms with van der Waals surface area (Å²) in [4.78, 5) is 0. The van der Waals surface area contributed by atoms with Crippen molar-refractivity contribution in [1.29, 1.82) is 0 Å². The van der Waals surface area contributed by atoms with Crippen LogP contribution < -0.4 is 0 Å². The normalized spacial score (nSPS) is 23.4. The van der Waals surface area contributed by atoms with Gasteiger partial charge in [-0.05, 0) is 17.9 Å². The maximum atomic E-state index is 2.58. The standard InChI is InChI=1S/C17H22B2NSi/c1-18-16(14-10-6-4-7-11-14)21-17(19(2)20(18)3)15-12-8-5-9-13-15/h4-13,16-17,21H,1-3H3. The second kappa shape index (κ2) is 6.25. The van der Waals surface area contributed by atoms with Crippen molar-refractivity contribution in [1.82, 2.24) is 4.72 Å². The van der Waals surface area contributed by atoms with E-state index in [-0.39, 0.29) is 0 Å². The minimum absolute atomic E-state index is 0.358. The lowest BCUT2D eigenvalue weighted by Gasteiger charge is -2.43. The van der Waals surface area contributed by atoms with E-state index in [0.717, 1.165) is 0 Å². The average molecular weight is 290 g/mol. The van der Waals surface area contributed by atoms with Gasteiger partial charge in [-0.2, -0.15) is 0 Å². The first-order chi connectivity index (χ1) is 10.2. The van der Waals surface area contributed by atoms with Gasteiger partial charge in [0.25, 0.3) is 0 Å². The summed E-state index contributed by atoms with van der Waals surface area (Å²) in [5.41, 5.74) is 4.41. The molecule has 2 aromatic rings. The van der Waals surface area contributed by atoms with Gasteiger partial charge >= 0.3 is 0 Å². The van der Waals surface area contributed by atoms with Gasteiger partial charge in [0.2, 0.25) is 13.7 Å². The first-order valence-electron chi connectivity index (χ1n) is 7.85. The molecule has 105 valence electrons. The molecule has 1 saturated heterocycles. The Bertz CT molecular complexity index is 526. The highest BCUT2D eigenvalue weighted by molar-refractivity contribution is 6.88. The molecular weight excluding hydrogens is 268 g/mol. The third kappa shape index (κ3) is 2.88. The van der Waals surface area contributed by atoms with Crippen molar-refractivity contribution in [3.63, 3.8) is 0 Å². The number of hydrogen-bond acceptors (Lipinski definition) is 1. The highest BCUT2D eigenvalue weighted by atomic mass is 28.2. The van der Waals surface area contributed by atoms with Crippen molar-refractivity contribution in [3.05, 3.63) is 71.8 Å². The Labute approximate surface area is 131 Å². The summed E-state index contributed by atoms with van der Waals surface area (Å²) in [7, 11) is 2.65. The van der Waals surface area contributed by atoms with Gasteiger partial charge in [0, 0.05) is 9.52 Å². The van der Waals surface area contributed by atoms with Crippen LogP contribution in [-0.2, 0) is 0 Å². The molecule has 1 fully saturated rings. The molecule has 21 heavy (non-hydrogen) atoms. The molecule has 3 rings (SSSR count). The average Bonchev–Trinajstić information content (AvgIpc) is 2.55. The third-order valence-corrected chi connectivity index (χ3v) is 7.82. The molecular formula is C17H22B2NSi. The molecule has 0 bridgehead atoms. The molecule has 2 unspecified atom stereocenters. The molecule has 0 N–H and O–H groups in total. The highest BCUT2D eigenvalue weighted by Gasteiger charge is 2.42. The Morgan fingerprint density at radius 1 is 0.762 bits per heavy atom. The molecule has 1 aliphatic rings. The molecule has 4 heteroatoms. The van der Waals surface area contributed by atoms with Gasteiger partial charge in [0.15, 0.2) is 0 Å². The van der Waals surface area contributed by atoms with E-state index in [4.69, 9.17) is 0 Å². The van der Waals surface area contributed by atoms with Crippen LogP contribution in [0.1, 0.15) is 22.0 Å². The summed E-state index contributed by atoms with van der Waals surface area (Å²) in [5, 5.41) is 0. The molecule has 0 spiro atoms. The number of rotatable bonds is 2. The van der Waals surface area contributed by atoms with Gasteiger partial charge in [0.1, 0.15) is 0 Å². The summed E-state index contributed by atoms with van der Waals surface area (Å²) in [6.45, 7) is 6.03. The predicted octanol–water partition coefficient (Wildman–Crippen LogP) is 3.17. The van der Waals surface area contributed by atoms with Gasteiger partial charge in [-0.25, -0.2) is 0 Å². The largest absolute Gasteiger partial charge is 0.386 e. The van der Waals surface area contributed by atoms with Crippen LogP contribution in [0.3, 0.4) is 0 Å². The minimum atomic E-state index is 0.358. The number of nitrogens with zero attached hydrogens (tertiary/aromatic N) is 1. The van der Waals surface area contributed by atoms with Crippen molar-refractivity contribution in [2.24, 2.45) is 0 Å². The summed E-state index contributed by atoms with van der Waals surface area (Å²) in [6, 6.07) is 22.2. The molecule has 0 saturated carbocycles. The SMILES string of the molecule is CB1C(c2ccccc2)[SiH]C(c2ccccc2)B(C)N1C. The van der Waals surface area contributed by atoms with Crippen molar-refractivity contribution in [2.45, 2.75) is 24.5 Å². The van der Waals surface area contributed by atoms with Gasteiger partial charge in [-0.1, -0.05) is 85.4 Å². The van der Waals surface area contributed by atoms with E-state index < -0.39 is 0 Å². The van der Waals surface area contributed by atoms with Gasteiger partial charge in [-0.3, -0.25) is 0 Å². The van der Waals surface area contributed by atoms with Crippen LogP contribution in [0.15, 0.2) is 60.7 Å². The van der Waals surface area contributed by atoms with E-state index in [2.05, 4.69) is 86.1 Å². The molecule has 1 aliphatic heterocycles. The fraction of sp³-hybridized carbons (Fsp3) is 0.294. The minimum Gasteiger partial charge on any atom is -0.386 e. The van der Waals surface area contributed by atoms with Crippen LogP contribution in [0.25, 0.3) is 0 Å². The molecule has 1 nitrogen and oxygen atoms in total. The van der Waals surface area contributed by atoms with Crippen molar-refractivity contribution >= 4 is 23.2 Å². The van der Waals surface area contributed by atoms with E-state index in [1.807, 2.05) is 0 Å². The van der Waals surface area contributed by atoms with Gasteiger partial charge < -0.3 is 4.72 Å². The van der Waals surface area contributed by atoms with Crippen molar-refractivity contribution in [2.75, 3.05) is 7.05 Å². The number of benzene rings is 2. The Morgan fingerprint density at radius 3 is 1.52 bits per heavy atom. The molecule has 0 amide bonds. The first kappa shape index (κ1) is 14.7. The third-order valence-electron chi connectivity index (χ3n) is 5.11. The van der Waals surface area contributed by atoms with Crippen LogP contribution in [0.2, 0.25) is 13.6 Å². The summed E-state index contributed by atoms with van der Waals surface area (Å²) in [5.74, 6) is 0. The zero-order chi connectivity index (χ0) is 14.8. The molecule has 2 aromatic carbocycles. The molecule has 0 aromatic heterocycles. The van der Waals surface area contributed by atoms with Crippen LogP contribution in [-0.4, -0.2) is 35.0 Å². The van der Waals surface area contributed by atoms with E-state index in [1.165, 1.54) is 11.1 Å². The zero-order valence-corrected chi connectivity index (χ0v) is 14.3. The Balaban J connectivity index is 1.93. The highest BCUT2D eigenvalue weighted by Crippen LogP contribution is 2.33. The Kier molecular flexibility index (Phi) is 4.36. The molecule has 2 atom stereocenters. The second-order valence-electron chi connectivity index (χ2n) is 6.21. The van der Waals surface area contributed by atoms with E-state index in [0.29, 0.717) is 34.1 Å². The maximum Gasteiger partial charge on any atom is 0.212 e. The predicted molar refractivity (Wildman–Crippen MR) is 96.5 cm³/mol. The maximum absolute atomic E-state index is 2.58. The van der Waals surface area contributed by atoms with E-state index in [1.54, 1.807) is 0 Å². The van der Waals surface area contributed by atoms with Gasteiger partial charge in [-0.15, -0.1) is 0 Å². The lowest BCUT2D eigenvalue weighted by molar-refractivity contribution is 0.758. The monoisotopic (exact) mass is 290 g/mol. The molecule has 0 aliphatic carbocycles. The quantitative estimate of drug-likeness (QED) is 0.768. The smallest absolute Gasteiger partial charge is 0.212 e. The van der Waals surface area contributed by atoms with E-state index in [9.17, 15) is 0 Å². The Morgan fingerprint density at radius 2 is 1.14 bits per heavy atom. The lowest BCUT2D eigenvalue weighted by Crippen LogP contribution is -2.58. The van der Waals surface area contributed by atoms with Gasteiger partial charge in [0.05, 0.1) is 0 Å². The molecule has 1 radical (unpaired) electrons. The topological polar surface area (TPSA) is 3.24 Å². The first-order valence-corrected chi connectivity index (χ1v) is 9.18. The lowest BCUT2D eigenvalue weighted by atomic mass is 9.44. The fourth-order valence-corrected chi connectivity index (χ4v) is 6.07. The summed E-state index contributed by atoms with van der Waals surface area (Å²) >= 11 is 0. The van der Waals surface area contributed by atoms with Crippen LogP contribution in [0.4, 0.5) is 0 Å². The summed E-state index contributed by atoms with van der Waals surface area (Å²) in [6.07, 6.45) is 0.